The number of hydrogen-bond acceptors (Lipinski definition) is 6. The predicted molar refractivity (Wildman–Crippen MR) is 111 cm³/mol. The van der Waals surface area contributed by atoms with Crippen molar-refractivity contribution in [1.29, 1.82) is 0 Å². The molecule has 7 nitrogen and oxygen atoms in total. The van der Waals surface area contributed by atoms with Crippen molar-refractivity contribution in [2.75, 3.05) is 36.8 Å². The fourth-order valence-corrected chi connectivity index (χ4v) is 4.51. The lowest BCUT2D eigenvalue weighted by atomic mass is 10.2. The average molecular weight is 401 g/mol. The molecule has 1 amide bonds. The second kappa shape index (κ2) is 8.51. The van der Waals surface area contributed by atoms with Gasteiger partial charge in [-0.15, -0.1) is 10.2 Å². The minimum absolute atomic E-state index is 0.231. The van der Waals surface area contributed by atoms with Gasteiger partial charge in [0.15, 0.2) is 5.16 Å². The number of nitrogens with zero attached hydrogens (tertiary/aromatic N) is 6. The van der Waals surface area contributed by atoms with Crippen LogP contribution in [-0.4, -0.2) is 62.5 Å². The number of amides is 1. The van der Waals surface area contributed by atoms with E-state index in [1.165, 1.54) is 12.8 Å². The molecule has 1 saturated heterocycles. The van der Waals surface area contributed by atoms with E-state index in [9.17, 15) is 4.79 Å². The van der Waals surface area contributed by atoms with E-state index in [2.05, 4.69) is 38.5 Å². The van der Waals surface area contributed by atoms with Crippen LogP contribution < -0.4 is 4.90 Å². The Hall–Kier alpha value is -2.09. The molecule has 2 aromatic heterocycles. The summed E-state index contributed by atoms with van der Waals surface area (Å²) >= 11 is 1.66. The third-order valence-electron chi connectivity index (χ3n) is 5.27. The molecule has 3 heterocycles. The third kappa shape index (κ3) is 4.32. The summed E-state index contributed by atoms with van der Waals surface area (Å²) < 4.78 is 2.30. The second-order valence-corrected chi connectivity index (χ2v) is 8.81. The maximum atomic E-state index is 12.6. The summed E-state index contributed by atoms with van der Waals surface area (Å²) in [7, 11) is 0. The SMILES string of the molecule is CC(C)c1nnc(SCCC(=O)N2CCN(c3ccccn3)CC2)n1C1CC1. The zero-order chi connectivity index (χ0) is 19.5. The predicted octanol–water partition coefficient (Wildman–Crippen LogP) is 2.96. The smallest absolute Gasteiger partial charge is 0.223 e. The normalized spacial score (nSPS) is 17.4. The summed E-state index contributed by atoms with van der Waals surface area (Å²) in [6, 6.07) is 6.51. The van der Waals surface area contributed by atoms with Crippen molar-refractivity contribution in [2.24, 2.45) is 0 Å². The molecule has 150 valence electrons. The van der Waals surface area contributed by atoms with Crippen LogP contribution in [-0.2, 0) is 4.79 Å². The lowest BCUT2D eigenvalue weighted by Gasteiger charge is -2.35. The molecule has 0 atom stereocenters. The van der Waals surface area contributed by atoms with Gasteiger partial charge in [0.2, 0.25) is 5.91 Å². The number of anilines is 1. The van der Waals surface area contributed by atoms with E-state index < -0.39 is 0 Å². The fraction of sp³-hybridized carbons (Fsp3) is 0.600. The minimum atomic E-state index is 0.231. The van der Waals surface area contributed by atoms with Gasteiger partial charge in [-0.25, -0.2) is 4.98 Å². The standard InChI is InChI=1S/C20H28N6OS/c1-15(2)19-22-23-20(26(19)16-6-7-16)28-14-8-18(27)25-12-10-24(11-13-25)17-5-3-4-9-21-17/h3-5,9,15-16H,6-8,10-14H2,1-2H3. The molecule has 28 heavy (non-hydrogen) atoms. The van der Waals surface area contributed by atoms with Crippen LogP contribution in [0.2, 0.25) is 0 Å². The van der Waals surface area contributed by atoms with Crippen molar-refractivity contribution < 1.29 is 4.79 Å². The van der Waals surface area contributed by atoms with Crippen molar-refractivity contribution in [1.82, 2.24) is 24.6 Å². The largest absolute Gasteiger partial charge is 0.353 e. The van der Waals surface area contributed by atoms with Crippen LogP contribution in [0.3, 0.4) is 0 Å². The van der Waals surface area contributed by atoms with Gasteiger partial charge in [0.25, 0.3) is 0 Å². The first-order valence-electron chi connectivity index (χ1n) is 10.1. The first kappa shape index (κ1) is 19.2. The minimum Gasteiger partial charge on any atom is -0.353 e. The van der Waals surface area contributed by atoms with E-state index in [1.807, 2.05) is 29.3 Å². The Morgan fingerprint density at radius 2 is 1.96 bits per heavy atom. The summed E-state index contributed by atoms with van der Waals surface area (Å²) in [4.78, 5) is 21.2. The fourth-order valence-electron chi connectivity index (χ4n) is 3.57. The Morgan fingerprint density at radius 1 is 1.18 bits per heavy atom. The number of thioether (sulfide) groups is 1. The van der Waals surface area contributed by atoms with Gasteiger partial charge in [-0.05, 0) is 25.0 Å². The van der Waals surface area contributed by atoms with Crippen LogP contribution in [0, 0.1) is 0 Å². The molecular weight excluding hydrogens is 372 g/mol. The van der Waals surface area contributed by atoms with E-state index >= 15 is 0 Å². The van der Waals surface area contributed by atoms with Crippen molar-refractivity contribution in [3.63, 3.8) is 0 Å². The second-order valence-electron chi connectivity index (χ2n) is 7.75. The highest BCUT2D eigenvalue weighted by atomic mass is 32.2. The molecule has 2 aliphatic rings. The number of carbonyl (C=O) groups excluding carboxylic acids is 1. The van der Waals surface area contributed by atoms with Gasteiger partial charge in [0.05, 0.1) is 0 Å². The number of hydrogen-bond donors (Lipinski definition) is 0. The molecule has 0 aromatic carbocycles. The highest BCUT2D eigenvalue weighted by Crippen LogP contribution is 2.40. The highest BCUT2D eigenvalue weighted by Gasteiger charge is 2.30. The van der Waals surface area contributed by atoms with Crippen LogP contribution in [0.5, 0.6) is 0 Å². The molecule has 0 radical (unpaired) electrons. The molecule has 1 saturated carbocycles. The maximum Gasteiger partial charge on any atom is 0.223 e. The molecular formula is C20H28N6OS. The monoisotopic (exact) mass is 400 g/mol. The molecule has 2 aromatic rings. The summed E-state index contributed by atoms with van der Waals surface area (Å²) in [6.45, 7) is 7.51. The first-order valence-corrected chi connectivity index (χ1v) is 11.1. The Bertz CT molecular complexity index is 796. The summed E-state index contributed by atoms with van der Waals surface area (Å²) in [5, 5.41) is 9.75. The lowest BCUT2D eigenvalue weighted by molar-refractivity contribution is -0.131. The van der Waals surface area contributed by atoms with Gasteiger partial charge in [-0.2, -0.15) is 0 Å². The zero-order valence-electron chi connectivity index (χ0n) is 16.6. The maximum absolute atomic E-state index is 12.6. The molecule has 8 heteroatoms. The first-order chi connectivity index (χ1) is 13.6. The Kier molecular flexibility index (Phi) is 5.85. The molecule has 0 bridgehead atoms. The van der Waals surface area contributed by atoms with Crippen LogP contribution in [0.4, 0.5) is 5.82 Å². The van der Waals surface area contributed by atoms with Gasteiger partial charge < -0.3 is 14.4 Å². The Balaban J connectivity index is 1.26. The number of pyridine rings is 1. The quantitative estimate of drug-likeness (QED) is 0.666. The summed E-state index contributed by atoms with van der Waals surface area (Å²) in [5.41, 5.74) is 0. The van der Waals surface area contributed by atoms with Crippen molar-refractivity contribution in [2.45, 2.75) is 50.2 Å². The number of carbonyl (C=O) groups is 1. The Labute approximate surface area is 170 Å². The molecule has 1 aliphatic carbocycles. The van der Waals surface area contributed by atoms with E-state index in [-0.39, 0.29) is 5.91 Å². The Morgan fingerprint density at radius 3 is 2.61 bits per heavy atom. The molecule has 0 N–H and O–H groups in total. The summed E-state index contributed by atoms with van der Waals surface area (Å²) in [5.74, 6) is 3.42. The average Bonchev–Trinajstić information content (AvgIpc) is 3.47. The van der Waals surface area contributed by atoms with Gasteiger partial charge >= 0.3 is 0 Å². The van der Waals surface area contributed by atoms with Gasteiger partial charge in [0, 0.05) is 56.5 Å². The molecule has 0 spiro atoms. The van der Waals surface area contributed by atoms with Crippen LogP contribution in [0.15, 0.2) is 29.6 Å². The van der Waals surface area contributed by atoms with E-state index in [0.717, 1.165) is 48.7 Å². The van der Waals surface area contributed by atoms with Crippen molar-refractivity contribution in [3.8, 4) is 0 Å². The number of piperazine rings is 1. The summed E-state index contributed by atoms with van der Waals surface area (Å²) in [6.07, 6.45) is 4.79. The zero-order valence-corrected chi connectivity index (χ0v) is 17.4. The van der Waals surface area contributed by atoms with E-state index in [4.69, 9.17) is 0 Å². The molecule has 1 aliphatic heterocycles. The van der Waals surface area contributed by atoms with Crippen LogP contribution in [0.1, 0.15) is 50.9 Å². The van der Waals surface area contributed by atoms with Crippen LogP contribution >= 0.6 is 11.8 Å². The van der Waals surface area contributed by atoms with Gasteiger partial charge in [0.1, 0.15) is 11.6 Å². The molecule has 2 fully saturated rings. The van der Waals surface area contributed by atoms with Crippen molar-refractivity contribution >= 4 is 23.5 Å². The molecule has 0 unspecified atom stereocenters. The molecule has 4 rings (SSSR count). The van der Waals surface area contributed by atoms with E-state index in [0.29, 0.717) is 18.4 Å². The topological polar surface area (TPSA) is 67.2 Å². The number of rotatable bonds is 7. The highest BCUT2D eigenvalue weighted by molar-refractivity contribution is 7.99. The van der Waals surface area contributed by atoms with E-state index in [1.54, 1.807) is 11.8 Å². The van der Waals surface area contributed by atoms with Crippen molar-refractivity contribution in [3.05, 3.63) is 30.2 Å². The van der Waals surface area contributed by atoms with Gasteiger partial charge in [-0.1, -0.05) is 31.7 Å². The number of aromatic nitrogens is 4. The van der Waals surface area contributed by atoms with Crippen LogP contribution in [0.25, 0.3) is 0 Å². The van der Waals surface area contributed by atoms with Gasteiger partial charge in [-0.3, -0.25) is 4.79 Å². The lowest BCUT2D eigenvalue weighted by Crippen LogP contribution is -2.49. The third-order valence-corrected chi connectivity index (χ3v) is 6.22.